The van der Waals surface area contributed by atoms with Gasteiger partial charge in [-0.15, -0.1) is 0 Å². The van der Waals surface area contributed by atoms with Gasteiger partial charge in [-0.3, -0.25) is 14.4 Å². The lowest BCUT2D eigenvalue weighted by molar-refractivity contribution is -0.167. The Hall–Kier alpha value is -2.37. The molecule has 0 saturated heterocycles. The molecule has 0 aliphatic heterocycles. The van der Waals surface area contributed by atoms with Crippen molar-refractivity contribution in [2.45, 2.75) is 354 Å². The molecule has 72 heavy (non-hydrogen) atoms. The van der Waals surface area contributed by atoms with Gasteiger partial charge in [0, 0.05) is 19.3 Å². The highest BCUT2D eigenvalue weighted by atomic mass is 16.6. The normalized spacial score (nSPS) is 12.2. The number of hydrogen-bond acceptors (Lipinski definition) is 6. The van der Waals surface area contributed by atoms with E-state index in [2.05, 4.69) is 57.2 Å². The van der Waals surface area contributed by atoms with Gasteiger partial charge in [0.05, 0.1) is 0 Å². The van der Waals surface area contributed by atoms with Crippen molar-refractivity contribution in [2.24, 2.45) is 0 Å². The number of unbranched alkanes of at least 4 members (excludes halogenated alkanes) is 42. The van der Waals surface area contributed by atoms with Gasteiger partial charge in [-0.25, -0.2) is 0 Å². The fraction of sp³-hybridized carbons (Fsp3) is 0.864. The minimum absolute atomic E-state index is 0.0722. The van der Waals surface area contributed by atoms with Crippen LogP contribution in [0, 0.1) is 0 Å². The number of allylic oxidation sites excluding steroid dienone is 6. The van der Waals surface area contributed by atoms with Gasteiger partial charge in [0.2, 0.25) is 0 Å². The fourth-order valence-corrected chi connectivity index (χ4v) is 9.64. The Kier molecular flexibility index (Phi) is 59.2. The average molecular weight is 1010 g/mol. The third-order valence-electron chi connectivity index (χ3n) is 14.4. The van der Waals surface area contributed by atoms with Crippen LogP contribution < -0.4 is 0 Å². The molecule has 0 fully saturated rings. The second-order valence-electron chi connectivity index (χ2n) is 21.7. The number of rotatable bonds is 59. The van der Waals surface area contributed by atoms with Gasteiger partial charge < -0.3 is 14.2 Å². The Labute approximate surface area is 448 Å². The first-order chi connectivity index (χ1) is 35.5. The molecule has 0 heterocycles. The molecular formula is C66H122O6. The second kappa shape index (κ2) is 61.2. The minimum Gasteiger partial charge on any atom is -0.462 e. The van der Waals surface area contributed by atoms with Crippen LogP contribution in [-0.4, -0.2) is 37.2 Å². The van der Waals surface area contributed by atoms with Crippen LogP contribution >= 0.6 is 0 Å². The highest BCUT2D eigenvalue weighted by Gasteiger charge is 2.19. The van der Waals surface area contributed by atoms with E-state index in [1.165, 1.54) is 212 Å². The summed E-state index contributed by atoms with van der Waals surface area (Å²) in [4.78, 5) is 38.3. The maximum Gasteiger partial charge on any atom is 0.306 e. The van der Waals surface area contributed by atoms with E-state index in [-0.39, 0.29) is 31.1 Å². The van der Waals surface area contributed by atoms with E-state index in [4.69, 9.17) is 14.2 Å². The zero-order chi connectivity index (χ0) is 52.2. The molecule has 0 aromatic carbocycles. The van der Waals surface area contributed by atoms with E-state index in [0.29, 0.717) is 19.3 Å². The van der Waals surface area contributed by atoms with Crippen molar-refractivity contribution in [3.8, 4) is 0 Å². The Morgan fingerprint density at radius 1 is 0.292 bits per heavy atom. The summed E-state index contributed by atoms with van der Waals surface area (Å²) in [6.45, 7) is 6.58. The molecule has 0 spiro atoms. The van der Waals surface area contributed by atoms with Crippen molar-refractivity contribution >= 4 is 17.9 Å². The highest BCUT2D eigenvalue weighted by Crippen LogP contribution is 2.18. The Morgan fingerprint density at radius 3 is 0.847 bits per heavy atom. The summed E-state index contributed by atoms with van der Waals surface area (Å²) < 4.78 is 16.9. The molecule has 1 atom stereocenters. The van der Waals surface area contributed by atoms with Gasteiger partial charge in [-0.05, 0) is 51.4 Å². The van der Waals surface area contributed by atoms with E-state index in [1.807, 2.05) is 0 Å². The van der Waals surface area contributed by atoms with E-state index in [0.717, 1.165) is 96.3 Å². The zero-order valence-corrected chi connectivity index (χ0v) is 48.5. The van der Waals surface area contributed by atoms with E-state index in [1.54, 1.807) is 0 Å². The van der Waals surface area contributed by atoms with Crippen molar-refractivity contribution in [1.82, 2.24) is 0 Å². The molecule has 0 bridgehead atoms. The lowest BCUT2D eigenvalue weighted by Gasteiger charge is -2.18. The van der Waals surface area contributed by atoms with Gasteiger partial charge in [-0.1, -0.05) is 314 Å². The molecule has 0 amide bonds. The quantitative estimate of drug-likeness (QED) is 0.0261. The Morgan fingerprint density at radius 2 is 0.542 bits per heavy atom. The van der Waals surface area contributed by atoms with Gasteiger partial charge in [0.25, 0.3) is 0 Å². The van der Waals surface area contributed by atoms with E-state index < -0.39 is 6.10 Å². The van der Waals surface area contributed by atoms with Gasteiger partial charge in [0.1, 0.15) is 13.2 Å². The summed E-state index contributed by atoms with van der Waals surface area (Å²) in [6.07, 6.45) is 74.4. The molecule has 422 valence electrons. The summed E-state index contributed by atoms with van der Waals surface area (Å²) in [5.74, 6) is -0.865. The van der Waals surface area contributed by atoms with Gasteiger partial charge in [0.15, 0.2) is 6.10 Å². The maximum atomic E-state index is 12.9. The summed E-state index contributed by atoms with van der Waals surface area (Å²) >= 11 is 0. The SMILES string of the molecule is CC/C=C\C/C=C\C/C=C\CCCCCCCC(=O)OCC(COC(=O)CCCCCCCCCCCCCCCCCCCCCCCCC)OC(=O)CCCCCCCCCCCCCCCCCC. The third-order valence-corrected chi connectivity index (χ3v) is 14.4. The lowest BCUT2D eigenvalue weighted by Crippen LogP contribution is -2.30. The van der Waals surface area contributed by atoms with Crippen molar-refractivity contribution in [3.63, 3.8) is 0 Å². The molecule has 0 aromatic rings. The summed E-state index contributed by atoms with van der Waals surface area (Å²) in [7, 11) is 0. The molecule has 0 aromatic heterocycles. The van der Waals surface area contributed by atoms with Crippen molar-refractivity contribution < 1.29 is 28.6 Å². The molecule has 0 saturated carbocycles. The van der Waals surface area contributed by atoms with Crippen LogP contribution in [0.1, 0.15) is 348 Å². The molecule has 0 rings (SSSR count). The summed E-state index contributed by atoms with van der Waals surface area (Å²) in [6, 6.07) is 0. The average Bonchev–Trinajstić information content (AvgIpc) is 3.38. The first kappa shape index (κ1) is 69.6. The van der Waals surface area contributed by atoms with Crippen LogP contribution in [0.2, 0.25) is 0 Å². The Bertz CT molecular complexity index is 1210. The van der Waals surface area contributed by atoms with Crippen LogP contribution in [0.5, 0.6) is 0 Å². The van der Waals surface area contributed by atoms with Crippen LogP contribution in [0.25, 0.3) is 0 Å². The number of carbonyl (C=O) groups is 3. The number of carbonyl (C=O) groups excluding carboxylic acids is 3. The monoisotopic (exact) mass is 1010 g/mol. The molecule has 0 radical (unpaired) electrons. The summed E-state index contributed by atoms with van der Waals surface area (Å²) in [5, 5.41) is 0. The van der Waals surface area contributed by atoms with E-state index >= 15 is 0 Å². The molecule has 0 aliphatic carbocycles. The number of esters is 3. The van der Waals surface area contributed by atoms with Crippen LogP contribution in [0.15, 0.2) is 36.5 Å². The zero-order valence-electron chi connectivity index (χ0n) is 48.5. The van der Waals surface area contributed by atoms with Crippen molar-refractivity contribution in [2.75, 3.05) is 13.2 Å². The van der Waals surface area contributed by atoms with Crippen LogP contribution in [-0.2, 0) is 28.6 Å². The van der Waals surface area contributed by atoms with Crippen LogP contribution in [0.3, 0.4) is 0 Å². The number of ether oxygens (including phenoxy) is 3. The molecular weight excluding hydrogens is 889 g/mol. The van der Waals surface area contributed by atoms with Crippen molar-refractivity contribution in [1.29, 1.82) is 0 Å². The maximum absolute atomic E-state index is 12.9. The van der Waals surface area contributed by atoms with Crippen LogP contribution in [0.4, 0.5) is 0 Å². The second-order valence-corrected chi connectivity index (χ2v) is 21.7. The lowest BCUT2D eigenvalue weighted by atomic mass is 10.0. The predicted molar refractivity (Wildman–Crippen MR) is 312 cm³/mol. The Balaban J connectivity index is 4.27. The fourth-order valence-electron chi connectivity index (χ4n) is 9.64. The van der Waals surface area contributed by atoms with E-state index in [9.17, 15) is 14.4 Å². The standard InChI is InChI=1S/C66H122O6/c1-4-7-10-13-16-19-22-25-28-30-31-32-33-34-35-36-39-41-44-47-50-53-56-59-65(68)71-62-63(61-70-64(67)58-55-52-49-46-43-40-37-27-24-21-18-15-12-9-6-3)72-66(69)60-57-54-51-48-45-42-38-29-26-23-20-17-14-11-8-5-2/h9,12,18,21,27,37,63H,4-8,10-11,13-17,19-20,22-26,28-36,38-62H2,1-3H3/b12-9-,21-18-,37-27-. The highest BCUT2D eigenvalue weighted by molar-refractivity contribution is 5.71. The van der Waals surface area contributed by atoms with Gasteiger partial charge in [-0.2, -0.15) is 0 Å². The first-order valence-corrected chi connectivity index (χ1v) is 32.0. The molecule has 6 heteroatoms. The number of hydrogen-bond donors (Lipinski definition) is 0. The molecule has 0 N–H and O–H groups in total. The van der Waals surface area contributed by atoms with Crippen molar-refractivity contribution in [3.05, 3.63) is 36.5 Å². The predicted octanol–water partition coefficient (Wildman–Crippen LogP) is 21.6. The molecule has 6 nitrogen and oxygen atoms in total. The topological polar surface area (TPSA) is 78.9 Å². The summed E-state index contributed by atoms with van der Waals surface area (Å²) in [5.41, 5.74) is 0. The molecule has 0 aliphatic rings. The first-order valence-electron chi connectivity index (χ1n) is 32.0. The third kappa shape index (κ3) is 58.5. The smallest absolute Gasteiger partial charge is 0.306 e. The minimum atomic E-state index is -0.776. The molecule has 1 unspecified atom stereocenters. The largest absolute Gasteiger partial charge is 0.462 e. The van der Waals surface area contributed by atoms with Gasteiger partial charge >= 0.3 is 17.9 Å².